The van der Waals surface area contributed by atoms with Crippen molar-refractivity contribution in [2.24, 2.45) is 5.92 Å². The third-order valence-electron chi connectivity index (χ3n) is 2.65. The SMILES string of the molecule is CC(C)C(=O)NCCN(c1ccc(Br)cc1)S(C)(=O)=O. The molecule has 5 nitrogen and oxygen atoms in total. The first-order valence-electron chi connectivity index (χ1n) is 6.23. The quantitative estimate of drug-likeness (QED) is 0.841. The van der Waals surface area contributed by atoms with E-state index in [1.54, 1.807) is 38.1 Å². The minimum absolute atomic E-state index is 0.0887. The first-order chi connectivity index (χ1) is 9.21. The molecule has 0 spiro atoms. The molecule has 0 aliphatic heterocycles. The number of nitrogens with one attached hydrogen (secondary N) is 1. The van der Waals surface area contributed by atoms with Crippen molar-refractivity contribution < 1.29 is 13.2 Å². The van der Waals surface area contributed by atoms with Crippen LogP contribution in [-0.4, -0.2) is 33.7 Å². The molecule has 7 heteroatoms. The number of hydrogen-bond donors (Lipinski definition) is 1. The average Bonchev–Trinajstić information content (AvgIpc) is 2.34. The van der Waals surface area contributed by atoms with Gasteiger partial charge in [-0.05, 0) is 24.3 Å². The van der Waals surface area contributed by atoms with E-state index >= 15 is 0 Å². The van der Waals surface area contributed by atoms with Crippen LogP contribution < -0.4 is 9.62 Å². The van der Waals surface area contributed by atoms with E-state index in [1.165, 1.54) is 4.31 Å². The highest BCUT2D eigenvalue weighted by molar-refractivity contribution is 9.10. The summed E-state index contributed by atoms with van der Waals surface area (Å²) in [7, 11) is -3.38. The van der Waals surface area contributed by atoms with Crippen LogP contribution in [0.3, 0.4) is 0 Å². The van der Waals surface area contributed by atoms with Crippen LogP contribution in [0.1, 0.15) is 13.8 Å². The van der Waals surface area contributed by atoms with Crippen LogP contribution >= 0.6 is 15.9 Å². The first kappa shape index (κ1) is 17.0. The van der Waals surface area contributed by atoms with Crippen molar-refractivity contribution in [2.45, 2.75) is 13.8 Å². The number of carbonyl (C=O) groups is 1. The maximum absolute atomic E-state index is 11.8. The molecule has 20 heavy (non-hydrogen) atoms. The number of halogens is 1. The van der Waals surface area contributed by atoms with Crippen LogP contribution in [0, 0.1) is 5.92 Å². The predicted molar refractivity (Wildman–Crippen MR) is 84.2 cm³/mol. The van der Waals surface area contributed by atoms with Crippen molar-refractivity contribution >= 4 is 37.5 Å². The van der Waals surface area contributed by atoms with Gasteiger partial charge < -0.3 is 5.32 Å². The monoisotopic (exact) mass is 362 g/mol. The fraction of sp³-hybridized carbons (Fsp3) is 0.462. The van der Waals surface area contributed by atoms with Crippen LogP contribution in [0.25, 0.3) is 0 Å². The zero-order valence-electron chi connectivity index (χ0n) is 11.8. The van der Waals surface area contributed by atoms with Crippen molar-refractivity contribution in [3.05, 3.63) is 28.7 Å². The van der Waals surface area contributed by atoms with Gasteiger partial charge in [0.05, 0.1) is 18.5 Å². The number of rotatable bonds is 6. The Hall–Kier alpha value is -1.08. The van der Waals surface area contributed by atoms with Crippen molar-refractivity contribution in [1.29, 1.82) is 0 Å². The fourth-order valence-electron chi connectivity index (χ4n) is 1.58. The molecule has 0 atom stereocenters. The van der Waals surface area contributed by atoms with Crippen LogP contribution in [-0.2, 0) is 14.8 Å². The normalized spacial score (nSPS) is 11.4. The van der Waals surface area contributed by atoms with Gasteiger partial charge in [-0.3, -0.25) is 9.10 Å². The zero-order chi connectivity index (χ0) is 15.3. The summed E-state index contributed by atoms with van der Waals surface area (Å²) in [6.45, 7) is 4.07. The Labute approximate surface area is 128 Å². The van der Waals surface area contributed by atoms with E-state index in [2.05, 4.69) is 21.2 Å². The van der Waals surface area contributed by atoms with Crippen molar-refractivity contribution in [3.63, 3.8) is 0 Å². The minimum atomic E-state index is -3.38. The molecular weight excluding hydrogens is 344 g/mol. The largest absolute Gasteiger partial charge is 0.354 e. The second kappa shape index (κ2) is 7.08. The fourth-order valence-corrected chi connectivity index (χ4v) is 2.77. The molecule has 1 N–H and O–H groups in total. The lowest BCUT2D eigenvalue weighted by Gasteiger charge is -2.22. The van der Waals surface area contributed by atoms with Crippen molar-refractivity contribution in [1.82, 2.24) is 5.32 Å². The molecule has 0 saturated carbocycles. The van der Waals surface area contributed by atoms with Crippen LogP contribution in [0.5, 0.6) is 0 Å². The van der Waals surface area contributed by atoms with Crippen LogP contribution in [0.2, 0.25) is 0 Å². The van der Waals surface area contributed by atoms with Crippen LogP contribution in [0.15, 0.2) is 28.7 Å². The topological polar surface area (TPSA) is 66.5 Å². The standard InChI is InChI=1S/C13H19BrN2O3S/c1-10(2)13(17)15-8-9-16(20(3,18)19)12-6-4-11(14)5-7-12/h4-7,10H,8-9H2,1-3H3,(H,15,17). The molecule has 0 saturated heterocycles. The summed E-state index contributed by atoms with van der Waals surface area (Å²) in [6, 6.07) is 6.99. The summed E-state index contributed by atoms with van der Waals surface area (Å²) in [6.07, 6.45) is 1.15. The number of amides is 1. The Kier molecular flexibility index (Phi) is 6.01. The molecule has 0 aliphatic rings. The molecule has 112 valence electrons. The molecule has 0 heterocycles. The van der Waals surface area contributed by atoms with E-state index in [0.717, 1.165) is 10.7 Å². The Balaban J connectivity index is 2.77. The number of sulfonamides is 1. The maximum atomic E-state index is 11.8. The molecule has 0 bridgehead atoms. The van der Waals surface area contributed by atoms with Crippen molar-refractivity contribution in [3.8, 4) is 0 Å². The molecule has 1 amide bonds. The van der Waals surface area contributed by atoms with Gasteiger partial charge in [-0.15, -0.1) is 0 Å². The summed E-state index contributed by atoms with van der Waals surface area (Å²) < 4.78 is 25.8. The van der Waals surface area contributed by atoms with Crippen LogP contribution in [0.4, 0.5) is 5.69 Å². The minimum Gasteiger partial charge on any atom is -0.354 e. The highest BCUT2D eigenvalue weighted by Crippen LogP contribution is 2.20. The number of nitrogens with zero attached hydrogens (tertiary/aromatic N) is 1. The summed E-state index contributed by atoms with van der Waals surface area (Å²) in [4.78, 5) is 11.5. The number of benzene rings is 1. The van der Waals surface area contributed by atoms with Gasteiger partial charge >= 0.3 is 0 Å². The van der Waals surface area contributed by atoms with Gasteiger partial charge in [-0.2, -0.15) is 0 Å². The molecule has 1 aromatic rings. The van der Waals surface area contributed by atoms with Gasteiger partial charge in [0.1, 0.15) is 0 Å². The Bertz CT molecular complexity index is 555. The molecule has 0 unspecified atom stereocenters. The van der Waals surface area contributed by atoms with Crippen molar-refractivity contribution in [2.75, 3.05) is 23.7 Å². The third kappa shape index (κ3) is 5.13. The van der Waals surface area contributed by atoms with Gasteiger partial charge in [0, 0.05) is 16.9 Å². The van der Waals surface area contributed by atoms with Gasteiger partial charge in [-0.1, -0.05) is 29.8 Å². The lowest BCUT2D eigenvalue weighted by molar-refractivity contribution is -0.123. The van der Waals surface area contributed by atoms with E-state index in [1.807, 2.05) is 0 Å². The van der Waals surface area contributed by atoms with Gasteiger partial charge in [0.15, 0.2) is 0 Å². The molecule has 0 radical (unpaired) electrons. The zero-order valence-corrected chi connectivity index (χ0v) is 14.2. The second-order valence-corrected chi connectivity index (χ2v) is 7.58. The summed E-state index contributed by atoms with van der Waals surface area (Å²) >= 11 is 3.31. The summed E-state index contributed by atoms with van der Waals surface area (Å²) in [5, 5.41) is 2.71. The maximum Gasteiger partial charge on any atom is 0.232 e. The molecule has 1 rings (SSSR count). The van der Waals surface area contributed by atoms with Gasteiger partial charge in [0.2, 0.25) is 15.9 Å². The van der Waals surface area contributed by atoms with Gasteiger partial charge in [0.25, 0.3) is 0 Å². The summed E-state index contributed by atoms with van der Waals surface area (Å²) in [5.41, 5.74) is 0.578. The molecule has 1 aromatic carbocycles. The lowest BCUT2D eigenvalue weighted by atomic mass is 10.2. The highest BCUT2D eigenvalue weighted by atomic mass is 79.9. The number of hydrogen-bond acceptors (Lipinski definition) is 3. The van der Waals surface area contributed by atoms with E-state index in [4.69, 9.17) is 0 Å². The number of carbonyl (C=O) groups excluding carboxylic acids is 1. The summed E-state index contributed by atoms with van der Waals surface area (Å²) in [5.74, 6) is -0.205. The lowest BCUT2D eigenvalue weighted by Crippen LogP contribution is -2.39. The van der Waals surface area contributed by atoms with E-state index in [0.29, 0.717) is 5.69 Å². The Morgan fingerprint density at radius 2 is 1.85 bits per heavy atom. The average molecular weight is 363 g/mol. The molecule has 0 fully saturated rings. The molecular formula is C13H19BrN2O3S. The smallest absolute Gasteiger partial charge is 0.232 e. The highest BCUT2D eigenvalue weighted by Gasteiger charge is 2.17. The first-order valence-corrected chi connectivity index (χ1v) is 8.87. The van der Waals surface area contributed by atoms with E-state index in [9.17, 15) is 13.2 Å². The number of anilines is 1. The third-order valence-corrected chi connectivity index (χ3v) is 4.38. The van der Waals surface area contributed by atoms with E-state index < -0.39 is 10.0 Å². The van der Waals surface area contributed by atoms with E-state index in [-0.39, 0.29) is 24.9 Å². The predicted octanol–water partition coefficient (Wildman–Crippen LogP) is 1.99. The van der Waals surface area contributed by atoms with Gasteiger partial charge in [-0.25, -0.2) is 8.42 Å². The Morgan fingerprint density at radius 3 is 2.30 bits per heavy atom. The Morgan fingerprint density at radius 1 is 1.30 bits per heavy atom. The molecule has 0 aliphatic carbocycles. The molecule has 0 aromatic heterocycles. The second-order valence-electron chi connectivity index (χ2n) is 4.76.